The smallest absolute Gasteiger partial charge is 0.335 e. The molecule has 0 aliphatic rings. The van der Waals surface area contributed by atoms with Crippen molar-refractivity contribution in [3.8, 4) is 17.2 Å². The molecule has 0 heterocycles. The van der Waals surface area contributed by atoms with Crippen molar-refractivity contribution in [3.05, 3.63) is 51.6 Å². The van der Waals surface area contributed by atoms with Crippen molar-refractivity contribution in [2.45, 2.75) is 7.47 Å². The number of carbonyl (C=O) groups is 1. The number of ether oxygens (including phenoxy) is 1. The van der Waals surface area contributed by atoms with Crippen molar-refractivity contribution in [2.24, 2.45) is 5.73 Å². The lowest BCUT2D eigenvalue weighted by atomic mass is 10.1. The number of aromatic hydroxyl groups is 1. The van der Waals surface area contributed by atoms with Crippen LogP contribution in [0.4, 0.5) is 0 Å². The molecule has 8 heteroatoms. The average molecular weight is 651 g/mol. The summed E-state index contributed by atoms with van der Waals surface area (Å²) in [6.07, 6.45) is 0. The SMILES string of the molecule is N[C@@](I)(C(=O)O)[C@H](I)c1ccc(Oc2ccc(O)cc2)c(I)c1. The summed E-state index contributed by atoms with van der Waals surface area (Å²) in [5, 5.41) is 18.5. The molecule has 122 valence electrons. The quantitative estimate of drug-likeness (QED) is 0.253. The topological polar surface area (TPSA) is 92.8 Å². The molecule has 0 aliphatic heterocycles. The summed E-state index contributed by atoms with van der Waals surface area (Å²) >= 11 is 5.92. The van der Waals surface area contributed by atoms with Gasteiger partial charge < -0.3 is 20.7 Å². The first-order chi connectivity index (χ1) is 10.7. The number of aliphatic carboxylic acids is 1. The number of phenolic OH excluding ortho intramolecular Hbond substituents is 1. The van der Waals surface area contributed by atoms with Crippen LogP contribution in [0.5, 0.6) is 17.2 Å². The highest BCUT2D eigenvalue weighted by molar-refractivity contribution is 14.1. The highest BCUT2D eigenvalue weighted by Gasteiger charge is 2.39. The Bertz CT molecular complexity index is 719. The Kier molecular flexibility index (Phi) is 6.35. The van der Waals surface area contributed by atoms with Gasteiger partial charge in [0, 0.05) is 0 Å². The Labute approximate surface area is 174 Å². The van der Waals surface area contributed by atoms with E-state index < -0.39 is 13.4 Å². The van der Waals surface area contributed by atoms with Crippen molar-refractivity contribution in [1.29, 1.82) is 0 Å². The molecule has 2 rings (SSSR count). The van der Waals surface area contributed by atoms with Crippen molar-refractivity contribution >= 4 is 73.7 Å². The maximum absolute atomic E-state index is 11.3. The minimum Gasteiger partial charge on any atom is -0.508 e. The molecule has 0 spiro atoms. The maximum atomic E-state index is 11.3. The van der Waals surface area contributed by atoms with Crippen LogP contribution in [0.1, 0.15) is 9.49 Å². The molecule has 0 aliphatic carbocycles. The molecule has 5 nitrogen and oxygen atoms in total. The van der Waals surface area contributed by atoms with Crippen molar-refractivity contribution < 1.29 is 19.7 Å². The Balaban J connectivity index is 2.24. The standard InChI is InChI=1S/C15H12I3NO4/c16-11-7-8(13(17)15(18,19)14(21)22)1-6-12(11)23-10-4-2-9(20)3-5-10/h1-7,13,20H,19H2,(H,21,22)/t13-,15-/m1/s1. The number of alkyl halides is 2. The molecule has 0 bridgehead atoms. The fourth-order valence-corrected chi connectivity index (χ4v) is 3.41. The molecule has 0 unspecified atom stereocenters. The summed E-state index contributed by atoms with van der Waals surface area (Å²) in [5.41, 5.74) is 6.70. The molecule has 0 aromatic heterocycles. The molecule has 0 saturated carbocycles. The predicted molar refractivity (Wildman–Crippen MR) is 113 cm³/mol. The van der Waals surface area contributed by atoms with Crippen LogP contribution < -0.4 is 10.5 Å². The van der Waals surface area contributed by atoms with E-state index in [4.69, 9.17) is 10.5 Å². The zero-order valence-corrected chi connectivity index (χ0v) is 18.0. The van der Waals surface area contributed by atoms with Crippen molar-refractivity contribution in [1.82, 2.24) is 0 Å². The monoisotopic (exact) mass is 651 g/mol. The zero-order chi connectivity index (χ0) is 17.2. The Morgan fingerprint density at radius 3 is 2.35 bits per heavy atom. The minimum atomic E-state index is -1.39. The number of benzene rings is 2. The third kappa shape index (κ3) is 4.60. The maximum Gasteiger partial charge on any atom is 0.335 e. The first-order valence-electron chi connectivity index (χ1n) is 6.33. The molecule has 0 saturated heterocycles. The van der Waals surface area contributed by atoms with Crippen LogP contribution >= 0.6 is 67.8 Å². The molecule has 2 aromatic carbocycles. The second-order valence-electron chi connectivity index (χ2n) is 4.72. The van der Waals surface area contributed by atoms with Crippen LogP contribution in [0.2, 0.25) is 0 Å². The average Bonchev–Trinajstić information content (AvgIpc) is 2.50. The van der Waals surface area contributed by atoms with E-state index >= 15 is 0 Å². The second kappa shape index (κ2) is 7.70. The summed E-state index contributed by atoms with van der Waals surface area (Å²) in [7, 11) is 0. The largest absolute Gasteiger partial charge is 0.508 e. The van der Waals surface area contributed by atoms with Gasteiger partial charge in [0.25, 0.3) is 0 Å². The van der Waals surface area contributed by atoms with Crippen LogP contribution in [0.25, 0.3) is 0 Å². The second-order valence-corrected chi connectivity index (χ2v) is 8.91. The van der Waals surface area contributed by atoms with E-state index in [-0.39, 0.29) is 5.75 Å². The van der Waals surface area contributed by atoms with Crippen LogP contribution in [0.3, 0.4) is 0 Å². The zero-order valence-electron chi connectivity index (χ0n) is 11.5. The number of rotatable bonds is 5. The van der Waals surface area contributed by atoms with E-state index in [2.05, 4.69) is 22.6 Å². The summed E-state index contributed by atoms with van der Waals surface area (Å²) in [6, 6.07) is 11.9. The number of halogens is 3. The van der Waals surface area contributed by atoms with Gasteiger partial charge >= 0.3 is 5.97 Å². The number of nitrogens with two attached hydrogens (primary N) is 1. The van der Waals surface area contributed by atoms with Gasteiger partial charge in [-0.1, -0.05) is 28.7 Å². The van der Waals surface area contributed by atoms with Gasteiger partial charge in [0.05, 0.1) is 7.49 Å². The lowest BCUT2D eigenvalue weighted by Crippen LogP contribution is -2.45. The van der Waals surface area contributed by atoms with Crippen molar-refractivity contribution in [2.75, 3.05) is 0 Å². The van der Waals surface area contributed by atoms with Gasteiger partial charge in [-0.15, -0.1) is 0 Å². The van der Waals surface area contributed by atoms with E-state index in [0.717, 1.165) is 9.13 Å². The Morgan fingerprint density at radius 2 is 1.83 bits per heavy atom. The van der Waals surface area contributed by atoms with E-state index in [1.165, 1.54) is 0 Å². The molecule has 0 radical (unpaired) electrons. The normalized spacial score (nSPS) is 14.8. The van der Waals surface area contributed by atoms with Gasteiger partial charge in [-0.3, -0.25) is 0 Å². The van der Waals surface area contributed by atoms with Gasteiger partial charge in [0.15, 0.2) is 3.55 Å². The van der Waals surface area contributed by atoms with Crippen LogP contribution in [-0.4, -0.2) is 19.7 Å². The summed E-state index contributed by atoms with van der Waals surface area (Å²) in [4.78, 5) is 11.3. The van der Waals surface area contributed by atoms with Crippen molar-refractivity contribution in [3.63, 3.8) is 0 Å². The highest BCUT2D eigenvalue weighted by atomic mass is 127. The minimum absolute atomic E-state index is 0.171. The molecule has 23 heavy (non-hydrogen) atoms. The first kappa shape index (κ1) is 19.0. The third-order valence-electron chi connectivity index (χ3n) is 3.01. The van der Waals surface area contributed by atoms with Gasteiger partial charge in [-0.25, -0.2) is 4.79 Å². The third-order valence-corrected chi connectivity index (χ3v) is 7.83. The molecule has 0 amide bonds. The summed E-state index contributed by atoms with van der Waals surface area (Å²) < 4.78 is 4.82. The summed E-state index contributed by atoms with van der Waals surface area (Å²) in [6.45, 7) is 0. The van der Waals surface area contributed by atoms with Gasteiger partial charge in [0.2, 0.25) is 0 Å². The fraction of sp³-hybridized carbons (Fsp3) is 0.133. The molecular formula is C15H12I3NO4. The number of carboxylic acids is 1. The number of carboxylic acid groups (broad SMARTS) is 1. The number of hydrogen-bond donors (Lipinski definition) is 3. The fourth-order valence-electron chi connectivity index (χ4n) is 1.75. The molecule has 2 aromatic rings. The molecular weight excluding hydrogens is 639 g/mol. The highest BCUT2D eigenvalue weighted by Crippen LogP contribution is 2.40. The predicted octanol–water partition coefficient (Wildman–Crippen LogP) is 4.44. The van der Waals surface area contributed by atoms with Crippen LogP contribution in [0.15, 0.2) is 42.5 Å². The summed E-state index contributed by atoms with van der Waals surface area (Å²) in [5.74, 6) is 0.365. The first-order valence-corrected chi connectivity index (χ1v) is 9.73. The van der Waals surface area contributed by atoms with Gasteiger partial charge in [0.1, 0.15) is 17.2 Å². The molecule has 2 atom stereocenters. The lowest BCUT2D eigenvalue weighted by Gasteiger charge is -2.24. The number of phenols is 1. The molecule has 4 N–H and O–H groups in total. The Morgan fingerprint density at radius 1 is 1.22 bits per heavy atom. The van der Waals surface area contributed by atoms with E-state index in [9.17, 15) is 15.0 Å². The van der Waals surface area contributed by atoms with Gasteiger partial charge in [-0.05, 0) is 87.1 Å². The number of hydrogen-bond acceptors (Lipinski definition) is 4. The van der Waals surface area contributed by atoms with Crippen LogP contribution in [0, 0.1) is 3.57 Å². The lowest BCUT2D eigenvalue weighted by molar-refractivity contribution is -0.139. The van der Waals surface area contributed by atoms with E-state index in [1.807, 2.05) is 28.7 Å². The van der Waals surface area contributed by atoms with E-state index in [0.29, 0.717) is 11.5 Å². The molecule has 0 fully saturated rings. The Hall–Kier alpha value is -0.340. The van der Waals surface area contributed by atoms with Crippen LogP contribution in [-0.2, 0) is 4.79 Å². The van der Waals surface area contributed by atoms with Gasteiger partial charge in [-0.2, -0.15) is 0 Å². The van der Waals surface area contributed by atoms with E-state index in [1.54, 1.807) is 59.0 Å².